The smallest absolute Gasteiger partial charge is 0.341 e. The van der Waals surface area contributed by atoms with Crippen molar-refractivity contribution >= 4 is 11.7 Å². The summed E-state index contributed by atoms with van der Waals surface area (Å²) in [6.45, 7) is 0. The number of halogens is 1. The molecule has 0 saturated heterocycles. The summed E-state index contributed by atoms with van der Waals surface area (Å²) in [5, 5.41) is 8.68. The Morgan fingerprint density at radius 3 is 2.62 bits per heavy atom. The molecule has 1 aromatic carbocycles. The standard InChI is InChI=1S/C8H8FNO3/c1-13-7-4(9)2-3-5(10)6(7)8(11)12/h2-3H,10H2,1H3,(H,11,12). The normalized spacial score (nSPS) is 9.69. The fraction of sp³-hybridized carbons (Fsp3) is 0.125. The van der Waals surface area contributed by atoms with Gasteiger partial charge in [-0.25, -0.2) is 9.18 Å². The third kappa shape index (κ3) is 1.53. The van der Waals surface area contributed by atoms with E-state index in [1.165, 1.54) is 13.2 Å². The van der Waals surface area contributed by atoms with Gasteiger partial charge in [0.1, 0.15) is 5.56 Å². The number of aromatic carboxylic acids is 1. The van der Waals surface area contributed by atoms with Crippen molar-refractivity contribution < 1.29 is 19.0 Å². The highest BCUT2D eigenvalue weighted by Gasteiger charge is 2.18. The van der Waals surface area contributed by atoms with Crippen LogP contribution in [0.2, 0.25) is 0 Å². The Hall–Kier alpha value is -1.78. The number of hydrogen-bond acceptors (Lipinski definition) is 3. The number of carboxylic acid groups (broad SMARTS) is 1. The van der Waals surface area contributed by atoms with Crippen LogP contribution in [0, 0.1) is 5.82 Å². The highest BCUT2D eigenvalue weighted by Crippen LogP contribution is 2.27. The zero-order valence-electron chi connectivity index (χ0n) is 6.87. The molecule has 70 valence electrons. The number of ether oxygens (including phenoxy) is 1. The molecule has 0 aliphatic carbocycles. The lowest BCUT2D eigenvalue weighted by molar-refractivity contribution is 0.0693. The highest BCUT2D eigenvalue weighted by atomic mass is 19.1. The van der Waals surface area contributed by atoms with Crippen molar-refractivity contribution in [2.24, 2.45) is 0 Å². The van der Waals surface area contributed by atoms with Gasteiger partial charge in [-0.15, -0.1) is 0 Å². The summed E-state index contributed by atoms with van der Waals surface area (Å²) in [6.07, 6.45) is 0. The molecule has 0 radical (unpaired) electrons. The second kappa shape index (κ2) is 3.30. The van der Waals surface area contributed by atoms with E-state index in [0.717, 1.165) is 6.07 Å². The van der Waals surface area contributed by atoms with E-state index in [-0.39, 0.29) is 17.0 Å². The molecule has 1 aromatic rings. The number of anilines is 1. The van der Waals surface area contributed by atoms with Gasteiger partial charge in [-0.3, -0.25) is 0 Å². The van der Waals surface area contributed by atoms with Crippen molar-refractivity contribution in [1.29, 1.82) is 0 Å². The van der Waals surface area contributed by atoms with Gasteiger partial charge in [-0.2, -0.15) is 0 Å². The van der Waals surface area contributed by atoms with Gasteiger partial charge in [0.2, 0.25) is 0 Å². The summed E-state index contributed by atoms with van der Waals surface area (Å²) in [5.41, 5.74) is 4.97. The molecule has 0 fully saturated rings. The Kier molecular flexibility index (Phi) is 2.36. The average Bonchev–Trinajstić information content (AvgIpc) is 2.07. The van der Waals surface area contributed by atoms with E-state index in [1.807, 2.05) is 0 Å². The summed E-state index contributed by atoms with van der Waals surface area (Å²) < 4.78 is 17.5. The van der Waals surface area contributed by atoms with Gasteiger partial charge in [-0.1, -0.05) is 0 Å². The molecule has 0 aromatic heterocycles. The minimum Gasteiger partial charge on any atom is -0.493 e. The summed E-state index contributed by atoms with van der Waals surface area (Å²) in [7, 11) is 1.18. The monoisotopic (exact) mass is 185 g/mol. The number of carboxylic acids is 1. The lowest BCUT2D eigenvalue weighted by atomic mass is 10.1. The fourth-order valence-corrected chi connectivity index (χ4v) is 0.993. The van der Waals surface area contributed by atoms with Gasteiger partial charge < -0.3 is 15.6 Å². The molecular formula is C8H8FNO3. The number of rotatable bonds is 2. The van der Waals surface area contributed by atoms with Crippen LogP contribution in [0.3, 0.4) is 0 Å². The fourth-order valence-electron chi connectivity index (χ4n) is 0.993. The van der Waals surface area contributed by atoms with Crippen molar-refractivity contribution in [2.75, 3.05) is 12.8 Å². The number of nitrogens with two attached hydrogens (primary N) is 1. The first-order valence-corrected chi connectivity index (χ1v) is 3.43. The third-order valence-corrected chi connectivity index (χ3v) is 1.56. The van der Waals surface area contributed by atoms with Crippen LogP contribution in [0.15, 0.2) is 12.1 Å². The molecule has 0 amide bonds. The van der Waals surface area contributed by atoms with Crippen LogP contribution < -0.4 is 10.5 Å². The van der Waals surface area contributed by atoms with E-state index >= 15 is 0 Å². The molecule has 0 saturated carbocycles. The Labute approximate surface area is 73.7 Å². The Bertz CT molecular complexity index is 351. The minimum absolute atomic E-state index is 0.0225. The molecule has 0 spiro atoms. The zero-order chi connectivity index (χ0) is 10.0. The number of nitrogen functional groups attached to an aromatic ring is 1. The minimum atomic E-state index is -1.31. The van der Waals surface area contributed by atoms with Crippen LogP contribution in [-0.2, 0) is 0 Å². The number of hydrogen-bond donors (Lipinski definition) is 2. The molecule has 1 rings (SSSR count). The molecule has 0 aliphatic rings. The first-order valence-electron chi connectivity index (χ1n) is 3.43. The van der Waals surface area contributed by atoms with Gasteiger partial charge in [0, 0.05) is 0 Å². The lowest BCUT2D eigenvalue weighted by Gasteiger charge is -2.07. The van der Waals surface area contributed by atoms with E-state index < -0.39 is 11.8 Å². The van der Waals surface area contributed by atoms with Crippen LogP contribution in [0.5, 0.6) is 5.75 Å². The largest absolute Gasteiger partial charge is 0.493 e. The molecule has 5 heteroatoms. The maximum absolute atomic E-state index is 12.9. The van der Waals surface area contributed by atoms with Gasteiger partial charge in [0.15, 0.2) is 11.6 Å². The molecule has 4 nitrogen and oxygen atoms in total. The predicted molar refractivity (Wildman–Crippen MR) is 44.3 cm³/mol. The van der Waals surface area contributed by atoms with Gasteiger partial charge in [0.05, 0.1) is 12.8 Å². The van der Waals surface area contributed by atoms with Crippen LogP contribution in [0.1, 0.15) is 10.4 Å². The van der Waals surface area contributed by atoms with Gasteiger partial charge in [-0.05, 0) is 12.1 Å². The van der Waals surface area contributed by atoms with Crippen molar-refractivity contribution in [3.63, 3.8) is 0 Å². The third-order valence-electron chi connectivity index (χ3n) is 1.56. The predicted octanol–water partition coefficient (Wildman–Crippen LogP) is 1.11. The van der Waals surface area contributed by atoms with E-state index in [0.29, 0.717) is 0 Å². The molecule has 0 atom stereocenters. The Morgan fingerprint density at radius 1 is 1.62 bits per heavy atom. The lowest BCUT2D eigenvalue weighted by Crippen LogP contribution is -2.06. The average molecular weight is 185 g/mol. The number of carbonyl (C=O) groups is 1. The second-order valence-corrected chi connectivity index (χ2v) is 2.35. The Morgan fingerprint density at radius 2 is 2.23 bits per heavy atom. The molecule has 0 unspecified atom stereocenters. The molecule has 0 bridgehead atoms. The van der Waals surface area contributed by atoms with Crippen LogP contribution in [-0.4, -0.2) is 18.2 Å². The quantitative estimate of drug-likeness (QED) is 0.677. The van der Waals surface area contributed by atoms with Crippen molar-refractivity contribution in [3.8, 4) is 5.75 Å². The first-order chi connectivity index (χ1) is 6.07. The summed E-state index contributed by atoms with van der Waals surface area (Å²) >= 11 is 0. The molecular weight excluding hydrogens is 177 g/mol. The summed E-state index contributed by atoms with van der Waals surface area (Å²) in [5.74, 6) is -2.39. The molecule has 0 aliphatic heterocycles. The summed E-state index contributed by atoms with van der Waals surface area (Å²) in [4.78, 5) is 10.6. The van der Waals surface area contributed by atoms with E-state index in [4.69, 9.17) is 10.8 Å². The highest BCUT2D eigenvalue weighted by molar-refractivity contribution is 5.96. The van der Waals surface area contributed by atoms with E-state index in [2.05, 4.69) is 4.74 Å². The topological polar surface area (TPSA) is 72.5 Å². The number of methoxy groups -OCH3 is 1. The molecule has 0 heterocycles. The van der Waals surface area contributed by atoms with Crippen LogP contribution in [0.25, 0.3) is 0 Å². The van der Waals surface area contributed by atoms with Crippen molar-refractivity contribution in [2.45, 2.75) is 0 Å². The maximum Gasteiger partial charge on any atom is 0.341 e. The summed E-state index contributed by atoms with van der Waals surface area (Å²) in [6, 6.07) is 2.24. The van der Waals surface area contributed by atoms with Gasteiger partial charge in [0.25, 0.3) is 0 Å². The first kappa shape index (κ1) is 9.31. The van der Waals surface area contributed by atoms with Crippen molar-refractivity contribution in [3.05, 3.63) is 23.5 Å². The van der Waals surface area contributed by atoms with E-state index in [1.54, 1.807) is 0 Å². The zero-order valence-corrected chi connectivity index (χ0v) is 6.87. The van der Waals surface area contributed by atoms with Crippen molar-refractivity contribution in [1.82, 2.24) is 0 Å². The van der Waals surface area contributed by atoms with Crippen LogP contribution in [0.4, 0.5) is 10.1 Å². The Balaban J connectivity index is 3.43. The van der Waals surface area contributed by atoms with Crippen LogP contribution >= 0.6 is 0 Å². The molecule has 13 heavy (non-hydrogen) atoms. The SMILES string of the molecule is COc1c(F)ccc(N)c1C(=O)O. The number of benzene rings is 1. The van der Waals surface area contributed by atoms with E-state index in [9.17, 15) is 9.18 Å². The molecule has 3 N–H and O–H groups in total. The second-order valence-electron chi connectivity index (χ2n) is 2.35. The maximum atomic E-state index is 12.9. The van der Waals surface area contributed by atoms with Gasteiger partial charge >= 0.3 is 5.97 Å².